The molecule has 0 radical (unpaired) electrons. The SMILES string of the molecule is Cc1cc(N(C)C)ccc1NC(=O)C(F)F. The van der Waals surface area contributed by atoms with Gasteiger partial charge in [-0.1, -0.05) is 0 Å². The highest BCUT2D eigenvalue weighted by Gasteiger charge is 2.15. The van der Waals surface area contributed by atoms with Gasteiger partial charge in [-0.2, -0.15) is 8.78 Å². The number of carbonyl (C=O) groups is 1. The Kier molecular flexibility index (Phi) is 3.82. The second kappa shape index (κ2) is 4.92. The summed E-state index contributed by atoms with van der Waals surface area (Å²) in [6, 6.07) is 5.19. The minimum absolute atomic E-state index is 0.413. The number of rotatable bonds is 3. The van der Waals surface area contributed by atoms with Gasteiger partial charge in [0.15, 0.2) is 0 Å². The fraction of sp³-hybridized carbons (Fsp3) is 0.364. The Morgan fingerprint density at radius 3 is 2.44 bits per heavy atom. The molecule has 3 nitrogen and oxygen atoms in total. The second-order valence-electron chi connectivity index (χ2n) is 3.68. The minimum Gasteiger partial charge on any atom is -0.378 e. The van der Waals surface area contributed by atoms with Crippen LogP contribution in [-0.2, 0) is 4.79 Å². The van der Waals surface area contributed by atoms with E-state index < -0.39 is 12.3 Å². The van der Waals surface area contributed by atoms with Crippen LogP contribution in [0.3, 0.4) is 0 Å². The fourth-order valence-corrected chi connectivity index (χ4v) is 1.25. The number of carbonyl (C=O) groups excluding carboxylic acids is 1. The van der Waals surface area contributed by atoms with E-state index in [0.717, 1.165) is 11.3 Å². The Balaban J connectivity index is 2.87. The summed E-state index contributed by atoms with van der Waals surface area (Å²) < 4.78 is 24.1. The number of benzene rings is 1. The second-order valence-corrected chi connectivity index (χ2v) is 3.68. The van der Waals surface area contributed by atoms with E-state index in [9.17, 15) is 13.6 Å². The van der Waals surface area contributed by atoms with Crippen LogP contribution in [0.2, 0.25) is 0 Å². The summed E-state index contributed by atoms with van der Waals surface area (Å²) in [5.74, 6) is -1.28. The van der Waals surface area contributed by atoms with Crippen LogP contribution >= 0.6 is 0 Å². The van der Waals surface area contributed by atoms with Crippen molar-refractivity contribution in [1.82, 2.24) is 0 Å². The molecule has 1 aromatic rings. The number of alkyl halides is 2. The molecule has 0 saturated heterocycles. The molecule has 1 aromatic carbocycles. The number of nitrogens with zero attached hydrogens (tertiary/aromatic N) is 1. The van der Waals surface area contributed by atoms with Gasteiger partial charge in [-0.05, 0) is 30.7 Å². The van der Waals surface area contributed by atoms with E-state index in [1.54, 1.807) is 19.1 Å². The van der Waals surface area contributed by atoms with E-state index >= 15 is 0 Å². The van der Waals surface area contributed by atoms with Crippen LogP contribution < -0.4 is 10.2 Å². The maximum atomic E-state index is 12.0. The van der Waals surface area contributed by atoms with Crippen LogP contribution in [0.4, 0.5) is 20.2 Å². The van der Waals surface area contributed by atoms with Crippen molar-refractivity contribution in [3.63, 3.8) is 0 Å². The Morgan fingerprint density at radius 1 is 1.38 bits per heavy atom. The van der Waals surface area contributed by atoms with E-state index in [0.29, 0.717) is 5.69 Å². The first-order valence-electron chi connectivity index (χ1n) is 4.79. The van der Waals surface area contributed by atoms with Gasteiger partial charge < -0.3 is 10.2 Å². The molecule has 0 unspecified atom stereocenters. The van der Waals surface area contributed by atoms with Crippen molar-refractivity contribution in [2.24, 2.45) is 0 Å². The summed E-state index contributed by atoms with van der Waals surface area (Å²) in [6.45, 7) is 1.76. The first-order valence-corrected chi connectivity index (χ1v) is 4.79. The molecule has 0 fully saturated rings. The van der Waals surface area contributed by atoms with Gasteiger partial charge in [0, 0.05) is 25.5 Å². The van der Waals surface area contributed by atoms with E-state index in [1.165, 1.54) is 0 Å². The zero-order valence-electron chi connectivity index (χ0n) is 9.42. The molecule has 0 aliphatic rings. The largest absolute Gasteiger partial charge is 0.378 e. The highest BCUT2D eigenvalue weighted by molar-refractivity contribution is 5.93. The molecule has 88 valence electrons. The van der Waals surface area contributed by atoms with Crippen LogP contribution in [0.25, 0.3) is 0 Å². The van der Waals surface area contributed by atoms with Crippen molar-refractivity contribution in [3.8, 4) is 0 Å². The number of hydrogen-bond donors (Lipinski definition) is 1. The molecule has 0 aromatic heterocycles. The van der Waals surface area contributed by atoms with Gasteiger partial charge in [0.1, 0.15) is 0 Å². The van der Waals surface area contributed by atoms with E-state index in [-0.39, 0.29) is 0 Å². The standard InChI is InChI=1S/C11H14F2N2O/c1-7-6-8(15(2)3)4-5-9(7)14-11(16)10(12)13/h4-6,10H,1-3H3,(H,14,16). The molecule has 5 heteroatoms. The van der Waals surface area contributed by atoms with Gasteiger partial charge >= 0.3 is 6.43 Å². The molecule has 0 heterocycles. The quantitative estimate of drug-likeness (QED) is 0.860. The molecule has 0 aliphatic heterocycles. The van der Waals surface area contributed by atoms with Gasteiger partial charge in [0.25, 0.3) is 5.91 Å². The maximum Gasteiger partial charge on any atom is 0.315 e. The average Bonchev–Trinajstić information content (AvgIpc) is 2.20. The molecule has 1 rings (SSSR count). The lowest BCUT2D eigenvalue weighted by Gasteiger charge is -2.15. The predicted molar refractivity (Wildman–Crippen MR) is 60.1 cm³/mol. The molecule has 1 amide bonds. The predicted octanol–water partition coefficient (Wildman–Crippen LogP) is 2.26. The summed E-state index contributed by atoms with van der Waals surface area (Å²) in [4.78, 5) is 12.7. The molecular formula is C11H14F2N2O. The minimum atomic E-state index is -2.99. The number of hydrogen-bond acceptors (Lipinski definition) is 2. The van der Waals surface area contributed by atoms with E-state index in [4.69, 9.17) is 0 Å². The van der Waals surface area contributed by atoms with Gasteiger partial charge in [0.05, 0.1) is 0 Å². The number of halogens is 2. The van der Waals surface area contributed by atoms with Crippen molar-refractivity contribution in [2.45, 2.75) is 13.3 Å². The van der Waals surface area contributed by atoms with Crippen molar-refractivity contribution in [1.29, 1.82) is 0 Å². The molecule has 0 spiro atoms. The molecule has 0 bridgehead atoms. The van der Waals surface area contributed by atoms with Crippen molar-refractivity contribution < 1.29 is 13.6 Å². The van der Waals surface area contributed by atoms with Crippen LogP contribution in [0.15, 0.2) is 18.2 Å². The third-order valence-electron chi connectivity index (χ3n) is 2.18. The summed E-state index contributed by atoms with van der Waals surface area (Å²) in [5.41, 5.74) is 2.11. The summed E-state index contributed by atoms with van der Waals surface area (Å²) in [5, 5.41) is 2.17. The smallest absolute Gasteiger partial charge is 0.315 e. The van der Waals surface area contributed by atoms with Gasteiger partial charge in [0.2, 0.25) is 0 Å². The maximum absolute atomic E-state index is 12.0. The Morgan fingerprint density at radius 2 is 2.00 bits per heavy atom. The van der Waals surface area contributed by atoms with Crippen LogP contribution in [0.5, 0.6) is 0 Å². The third kappa shape index (κ3) is 2.92. The summed E-state index contributed by atoms with van der Waals surface area (Å²) in [7, 11) is 3.76. The fourth-order valence-electron chi connectivity index (χ4n) is 1.25. The van der Waals surface area contributed by atoms with Gasteiger partial charge in [-0.15, -0.1) is 0 Å². The number of nitrogens with one attached hydrogen (secondary N) is 1. The Bertz CT molecular complexity index is 392. The first kappa shape index (κ1) is 12.4. The normalized spacial score (nSPS) is 10.4. The third-order valence-corrected chi connectivity index (χ3v) is 2.18. The van der Waals surface area contributed by atoms with Crippen molar-refractivity contribution in [3.05, 3.63) is 23.8 Å². The van der Waals surface area contributed by atoms with Crippen LogP contribution in [0.1, 0.15) is 5.56 Å². The summed E-state index contributed by atoms with van der Waals surface area (Å²) >= 11 is 0. The van der Waals surface area contributed by atoms with Gasteiger partial charge in [-0.25, -0.2) is 0 Å². The average molecular weight is 228 g/mol. The number of aryl methyl sites for hydroxylation is 1. The van der Waals surface area contributed by atoms with E-state index in [2.05, 4.69) is 5.32 Å². The molecule has 0 atom stereocenters. The Labute approximate surface area is 93.1 Å². The molecule has 0 aliphatic carbocycles. The lowest BCUT2D eigenvalue weighted by molar-refractivity contribution is -0.126. The summed E-state index contributed by atoms with van der Waals surface area (Å²) in [6.07, 6.45) is -2.99. The zero-order valence-corrected chi connectivity index (χ0v) is 9.42. The van der Waals surface area contributed by atoms with Crippen molar-refractivity contribution >= 4 is 17.3 Å². The molecule has 0 saturated carbocycles. The van der Waals surface area contributed by atoms with Crippen LogP contribution in [-0.4, -0.2) is 26.4 Å². The Hall–Kier alpha value is -1.65. The first-order chi connectivity index (χ1) is 7.41. The highest BCUT2D eigenvalue weighted by Crippen LogP contribution is 2.21. The monoisotopic (exact) mass is 228 g/mol. The number of amides is 1. The zero-order chi connectivity index (χ0) is 12.3. The molecular weight excluding hydrogens is 214 g/mol. The van der Waals surface area contributed by atoms with Gasteiger partial charge in [-0.3, -0.25) is 4.79 Å². The molecule has 1 N–H and O–H groups in total. The van der Waals surface area contributed by atoms with Crippen LogP contribution in [0, 0.1) is 6.92 Å². The lowest BCUT2D eigenvalue weighted by atomic mass is 10.1. The van der Waals surface area contributed by atoms with Crippen molar-refractivity contribution in [2.75, 3.05) is 24.3 Å². The van der Waals surface area contributed by atoms with E-state index in [1.807, 2.05) is 25.1 Å². The molecule has 16 heavy (non-hydrogen) atoms. The lowest BCUT2D eigenvalue weighted by Crippen LogP contribution is -2.20. The highest BCUT2D eigenvalue weighted by atomic mass is 19.3. The topological polar surface area (TPSA) is 32.3 Å². The number of anilines is 2.